The van der Waals surface area contributed by atoms with Crippen molar-refractivity contribution < 1.29 is 9.53 Å². The van der Waals surface area contributed by atoms with Crippen molar-refractivity contribution in [3.63, 3.8) is 0 Å². The molecule has 6 heteroatoms. The molecule has 0 spiro atoms. The van der Waals surface area contributed by atoms with Gasteiger partial charge in [0.05, 0.1) is 11.8 Å². The zero-order valence-corrected chi connectivity index (χ0v) is 13.0. The first kappa shape index (κ1) is 13.4. The molecule has 1 amide bonds. The molecule has 2 heterocycles. The third kappa shape index (κ3) is 2.40. The number of fused-ring (bicyclic) bond motifs is 1. The van der Waals surface area contributed by atoms with Crippen LogP contribution in [0, 0.1) is 5.92 Å². The zero-order valence-electron chi connectivity index (χ0n) is 11.4. The maximum atomic E-state index is 11.3. The molecule has 1 aromatic carbocycles. The van der Waals surface area contributed by atoms with Gasteiger partial charge in [0.15, 0.2) is 0 Å². The van der Waals surface area contributed by atoms with Crippen LogP contribution in [0.15, 0.2) is 22.9 Å². The average Bonchev–Trinajstić information content (AvgIpc) is 2.96. The van der Waals surface area contributed by atoms with Crippen LogP contribution in [0.4, 0.5) is 0 Å². The number of carbonyl (C=O) groups excluding carboxylic acids is 1. The summed E-state index contributed by atoms with van der Waals surface area (Å²) in [5, 5.41) is 2.85. The van der Waals surface area contributed by atoms with Gasteiger partial charge in [0, 0.05) is 30.4 Å². The Hall–Kier alpha value is -1.56. The van der Waals surface area contributed by atoms with Gasteiger partial charge in [-0.3, -0.25) is 4.79 Å². The minimum atomic E-state index is -0.0265. The van der Waals surface area contributed by atoms with E-state index in [4.69, 9.17) is 4.74 Å². The fraction of sp³-hybridized carbons (Fsp3) is 0.429. The second-order valence-corrected chi connectivity index (χ2v) is 6.13. The van der Waals surface area contributed by atoms with Gasteiger partial charge in [-0.1, -0.05) is 15.9 Å². The number of ether oxygens (including phenoxy) is 1. The highest BCUT2D eigenvalue weighted by Crippen LogP contribution is 2.31. The fourth-order valence-electron chi connectivity index (χ4n) is 2.57. The van der Waals surface area contributed by atoms with Crippen LogP contribution in [0.5, 0.6) is 5.75 Å². The first-order valence-corrected chi connectivity index (χ1v) is 7.38. The monoisotopic (exact) mass is 337 g/mol. The molecule has 0 aliphatic carbocycles. The number of hydrogen-bond acceptors (Lipinski definition) is 3. The molecular formula is C14H16BrN3O2. The quantitative estimate of drug-likeness (QED) is 0.934. The normalized spacial score (nSPS) is 20.1. The van der Waals surface area contributed by atoms with Crippen LogP contribution in [0.3, 0.4) is 0 Å². The van der Waals surface area contributed by atoms with E-state index < -0.39 is 0 Å². The molecule has 1 aliphatic rings. The van der Waals surface area contributed by atoms with Crippen molar-refractivity contribution in [2.75, 3.05) is 6.54 Å². The van der Waals surface area contributed by atoms with Crippen LogP contribution < -0.4 is 10.1 Å². The highest BCUT2D eigenvalue weighted by Gasteiger charge is 2.28. The summed E-state index contributed by atoms with van der Waals surface area (Å²) in [6.45, 7) is 2.69. The summed E-state index contributed by atoms with van der Waals surface area (Å²) in [4.78, 5) is 15.6. The first-order valence-electron chi connectivity index (χ1n) is 6.58. The fourth-order valence-corrected chi connectivity index (χ4v) is 2.99. The number of aryl methyl sites for hydroxylation is 1. The summed E-state index contributed by atoms with van der Waals surface area (Å²) in [6, 6.07) is 3.91. The third-order valence-electron chi connectivity index (χ3n) is 3.73. The molecule has 2 atom stereocenters. The molecule has 0 radical (unpaired) electrons. The second-order valence-electron chi connectivity index (χ2n) is 5.22. The molecule has 106 valence electrons. The maximum absolute atomic E-state index is 11.3. The van der Waals surface area contributed by atoms with Crippen molar-refractivity contribution in [1.29, 1.82) is 0 Å². The maximum Gasteiger partial charge on any atom is 0.220 e. The van der Waals surface area contributed by atoms with E-state index in [-0.39, 0.29) is 17.9 Å². The molecule has 0 saturated carbocycles. The van der Waals surface area contributed by atoms with Gasteiger partial charge in [-0.05, 0) is 19.1 Å². The molecule has 2 aromatic rings. The lowest BCUT2D eigenvalue weighted by Crippen LogP contribution is -2.25. The minimum absolute atomic E-state index is 0.0265. The van der Waals surface area contributed by atoms with E-state index in [0.29, 0.717) is 13.0 Å². The standard InChI is InChI=1S/C14H16BrN3O2/c1-8(9-3-13(19)16-6-9)20-12-5-10(15)4-11-14(12)18(2)7-17-11/h4-5,7-9H,3,6H2,1-2H3,(H,16,19). The van der Waals surface area contributed by atoms with Crippen LogP contribution in [-0.4, -0.2) is 28.1 Å². The molecule has 1 aliphatic heterocycles. The van der Waals surface area contributed by atoms with Crippen LogP contribution in [0.2, 0.25) is 0 Å². The van der Waals surface area contributed by atoms with E-state index >= 15 is 0 Å². The summed E-state index contributed by atoms with van der Waals surface area (Å²) in [5.41, 5.74) is 1.86. The summed E-state index contributed by atoms with van der Waals surface area (Å²) in [6.07, 6.45) is 2.28. The zero-order chi connectivity index (χ0) is 14.3. The number of nitrogens with one attached hydrogen (secondary N) is 1. The van der Waals surface area contributed by atoms with E-state index in [2.05, 4.69) is 26.2 Å². The van der Waals surface area contributed by atoms with E-state index in [1.165, 1.54) is 0 Å². The topological polar surface area (TPSA) is 56.1 Å². The summed E-state index contributed by atoms with van der Waals surface area (Å²) < 4.78 is 8.98. The SMILES string of the molecule is CC(Oc1cc(Br)cc2ncn(C)c12)C1CNC(=O)C1. The molecule has 5 nitrogen and oxygen atoms in total. The van der Waals surface area contributed by atoms with Crippen molar-refractivity contribution >= 4 is 32.9 Å². The lowest BCUT2D eigenvalue weighted by Gasteiger charge is -2.20. The molecule has 1 fully saturated rings. The number of hydrogen-bond donors (Lipinski definition) is 1. The van der Waals surface area contributed by atoms with Gasteiger partial charge < -0.3 is 14.6 Å². The Bertz CT molecular complexity index is 668. The molecule has 1 N–H and O–H groups in total. The Kier molecular flexibility index (Phi) is 3.41. The summed E-state index contributed by atoms with van der Waals surface area (Å²) in [5.74, 6) is 1.11. The van der Waals surface area contributed by atoms with Gasteiger partial charge >= 0.3 is 0 Å². The third-order valence-corrected chi connectivity index (χ3v) is 4.19. The van der Waals surface area contributed by atoms with Crippen LogP contribution in [-0.2, 0) is 11.8 Å². The highest BCUT2D eigenvalue weighted by atomic mass is 79.9. The molecule has 2 unspecified atom stereocenters. The van der Waals surface area contributed by atoms with Crippen molar-refractivity contribution in [2.24, 2.45) is 13.0 Å². The second kappa shape index (κ2) is 5.09. The van der Waals surface area contributed by atoms with Crippen molar-refractivity contribution in [3.05, 3.63) is 22.9 Å². The Morgan fingerprint density at radius 3 is 3.05 bits per heavy atom. The summed E-state index contributed by atoms with van der Waals surface area (Å²) in [7, 11) is 1.95. The van der Waals surface area contributed by atoms with Gasteiger partial charge in [0.1, 0.15) is 17.4 Å². The lowest BCUT2D eigenvalue weighted by atomic mass is 10.0. The van der Waals surface area contributed by atoms with Crippen LogP contribution in [0.1, 0.15) is 13.3 Å². The Morgan fingerprint density at radius 1 is 1.55 bits per heavy atom. The van der Waals surface area contributed by atoms with Gasteiger partial charge in [0.2, 0.25) is 5.91 Å². The largest absolute Gasteiger partial charge is 0.488 e. The minimum Gasteiger partial charge on any atom is -0.488 e. The van der Waals surface area contributed by atoms with Gasteiger partial charge in [0.25, 0.3) is 0 Å². The van der Waals surface area contributed by atoms with Crippen molar-refractivity contribution in [1.82, 2.24) is 14.9 Å². The molecule has 20 heavy (non-hydrogen) atoms. The predicted molar refractivity (Wildman–Crippen MR) is 79.6 cm³/mol. The lowest BCUT2D eigenvalue weighted by molar-refractivity contribution is -0.119. The number of benzene rings is 1. The average molecular weight is 338 g/mol. The Labute approximate surface area is 125 Å². The van der Waals surface area contributed by atoms with Crippen molar-refractivity contribution in [2.45, 2.75) is 19.4 Å². The summed E-state index contributed by atoms with van der Waals surface area (Å²) >= 11 is 3.48. The number of aromatic nitrogens is 2. The van der Waals surface area contributed by atoms with E-state index in [1.807, 2.05) is 30.7 Å². The Morgan fingerprint density at radius 2 is 2.35 bits per heavy atom. The number of carbonyl (C=O) groups is 1. The van der Waals surface area contributed by atoms with Crippen molar-refractivity contribution in [3.8, 4) is 5.75 Å². The van der Waals surface area contributed by atoms with Gasteiger partial charge in [-0.2, -0.15) is 0 Å². The van der Waals surface area contributed by atoms with E-state index in [9.17, 15) is 4.79 Å². The van der Waals surface area contributed by atoms with Gasteiger partial charge in [-0.25, -0.2) is 4.98 Å². The van der Waals surface area contributed by atoms with E-state index in [1.54, 1.807) is 6.33 Å². The Balaban J connectivity index is 1.90. The smallest absolute Gasteiger partial charge is 0.220 e. The molecule has 1 saturated heterocycles. The van der Waals surface area contributed by atoms with Crippen LogP contribution in [0.25, 0.3) is 11.0 Å². The van der Waals surface area contributed by atoms with E-state index in [0.717, 1.165) is 21.3 Å². The van der Waals surface area contributed by atoms with Gasteiger partial charge in [-0.15, -0.1) is 0 Å². The number of rotatable bonds is 3. The number of halogens is 1. The number of nitrogens with zero attached hydrogens (tertiary/aromatic N) is 2. The molecular weight excluding hydrogens is 322 g/mol. The van der Waals surface area contributed by atoms with Crippen LogP contribution >= 0.6 is 15.9 Å². The predicted octanol–water partition coefficient (Wildman–Crippen LogP) is 2.24. The molecule has 3 rings (SSSR count). The number of amides is 1. The highest BCUT2D eigenvalue weighted by molar-refractivity contribution is 9.10. The number of imidazole rings is 1. The molecule has 1 aromatic heterocycles. The first-order chi connectivity index (χ1) is 9.54. The molecule has 0 bridgehead atoms.